The summed E-state index contributed by atoms with van der Waals surface area (Å²) >= 11 is 2.78. The number of hydrogen-bond donors (Lipinski definition) is 1. The highest BCUT2D eigenvalue weighted by Crippen LogP contribution is 2.36. The minimum absolute atomic E-state index is 0.0202. The van der Waals surface area contributed by atoms with E-state index in [0.29, 0.717) is 23.8 Å². The molecule has 2 aliphatic carbocycles. The Bertz CT molecular complexity index is 670. The Balaban J connectivity index is 1.41. The normalized spacial score (nSPS) is 16.9. The average molecular weight is 395 g/mol. The van der Waals surface area contributed by atoms with Crippen molar-refractivity contribution in [3.63, 3.8) is 0 Å². The predicted molar refractivity (Wildman–Crippen MR) is 106 cm³/mol. The molecular weight excluding hydrogens is 368 g/mol. The lowest BCUT2D eigenvalue weighted by Crippen LogP contribution is -2.32. The van der Waals surface area contributed by atoms with Gasteiger partial charge in [0.2, 0.25) is 16.9 Å². The summed E-state index contributed by atoms with van der Waals surface area (Å²) < 4.78 is 0.736. The molecule has 142 valence electrons. The Labute approximate surface area is 162 Å². The molecule has 0 aliphatic heterocycles. The van der Waals surface area contributed by atoms with E-state index in [4.69, 9.17) is 0 Å². The summed E-state index contributed by atoms with van der Waals surface area (Å²) in [5, 5.41) is 11.9. The van der Waals surface area contributed by atoms with Crippen LogP contribution in [0.3, 0.4) is 0 Å². The quantitative estimate of drug-likeness (QED) is 0.394. The molecule has 2 aliphatic rings. The molecule has 2 amide bonds. The number of anilines is 1. The van der Waals surface area contributed by atoms with E-state index >= 15 is 0 Å². The number of rotatable bonds is 9. The van der Waals surface area contributed by atoms with E-state index in [1.165, 1.54) is 54.4 Å². The SMILES string of the molecule is CCC(=O)N(c1nnc(SCC(=O)NCCC2=CCCCC2)s1)C1CC1. The van der Waals surface area contributed by atoms with Crippen LogP contribution in [-0.2, 0) is 9.59 Å². The van der Waals surface area contributed by atoms with Crippen molar-refractivity contribution < 1.29 is 9.59 Å². The lowest BCUT2D eigenvalue weighted by Gasteiger charge is -2.17. The summed E-state index contributed by atoms with van der Waals surface area (Å²) in [6.45, 7) is 2.56. The van der Waals surface area contributed by atoms with Crippen LogP contribution in [0.2, 0.25) is 0 Å². The molecular formula is C18H26N4O2S2. The highest BCUT2D eigenvalue weighted by molar-refractivity contribution is 8.01. The van der Waals surface area contributed by atoms with E-state index in [1.54, 1.807) is 4.90 Å². The standard InChI is InChI=1S/C18H26N4O2S2/c1-2-16(24)22(14-8-9-14)17-20-21-18(26-17)25-12-15(23)19-11-10-13-6-4-3-5-7-13/h6,14H,2-5,7-12H2,1H3,(H,19,23). The van der Waals surface area contributed by atoms with Crippen molar-refractivity contribution >= 4 is 40.0 Å². The fourth-order valence-electron chi connectivity index (χ4n) is 3.00. The minimum Gasteiger partial charge on any atom is -0.355 e. The second-order valence-corrected chi connectivity index (χ2v) is 8.87. The zero-order valence-corrected chi connectivity index (χ0v) is 16.8. The van der Waals surface area contributed by atoms with E-state index in [9.17, 15) is 9.59 Å². The number of nitrogens with one attached hydrogen (secondary N) is 1. The van der Waals surface area contributed by atoms with Gasteiger partial charge in [0.05, 0.1) is 5.75 Å². The first-order valence-corrected chi connectivity index (χ1v) is 11.2. The smallest absolute Gasteiger partial charge is 0.230 e. The van der Waals surface area contributed by atoms with Crippen LogP contribution < -0.4 is 10.2 Å². The molecule has 0 saturated heterocycles. The Morgan fingerprint density at radius 2 is 2.19 bits per heavy atom. The summed E-state index contributed by atoms with van der Waals surface area (Å²) in [5.41, 5.74) is 1.47. The maximum absolute atomic E-state index is 12.1. The summed E-state index contributed by atoms with van der Waals surface area (Å²) in [6, 6.07) is 0.283. The lowest BCUT2D eigenvalue weighted by atomic mass is 9.97. The highest BCUT2D eigenvalue weighted by atomic mass is 32.2. The van der Waals surface area contributed by atoms with Crippen LogP contribution in [0, 0.1) is 0 Å². The van der Waals surface area contributed by atoms with E-state index in [-0.39, 0.29) is 17.9 Å². The zero-order valence-electron chi connectivity index (χ0n) is 15.2. The Kier molecular flexibility index (Phi) is 7.07. The van der Waals surface area contributed by atoms with Crippen molar-refractivity contribution in [1.82, 2.24) is 15.5 Å². The van der Waals surface area contributed by atoms with Crippen LogP contribution in [0.4, 0.5) is 5.13 Å². The van der Waals surface area contributed by atoms with Crippen LogP contribution in [0.5, 0.6) is 0 Å². The number of allylic oxidation sites excluding steroid dienone is 1. The molecule has 1 saturated carbocycles. The van der Waals surface area contributed by atoms with Crippen molar-refractivity contribution in [1.29, 1.82) is 0 Å². The number of nitrogens with zero attached hydrogens (tertiary/aromatic N) is 3. The van der Waals surface area contributed by atoms with Crippen LogP contribution in [0.15, 0.2) is 16.0 Å². The van der Waals surface area contributed by atoms with Crippen molar-refractivity contribution in [3.8, 4) is 0 Å². The number of aromatic nitrogens is 2. The predicted octanol–water partition coefficient (Wildman–Crippen LogP) is 3.54. The Morgan fingerprint density at radius 1 is 1.35 bits per heavy atom. The number of thioether (sulfide) groups is 1. The van der Waals surface area contributed by atoms with Gasteiger partial charge in [0.15, 0.2) is 4.34 Å². The number of hydrogen-bond acceptors (Lipinski definition) is 6. The maximum Gasteiger partial charge on any atom is 0.230 e. The average Bonchev–Trinajstić information content (AvgIpc) is 3.38. The fourth-order valence-corrected chi connectivity index (χ4v) is 4.76. The monoisotopic (exact) mass is 394 g/mol. The van der Waals surface area contributed by atoms with Gasteiger partial charge in [-0.1, -0.05) is 41.7 Å². The van der Waals surface area contributed by atoms with Gasteiger partial charge in [-0.3, -0.25) is 14.5 Å². The first-order valence-electron chi connectivity index (χ1n) is 9.40. The van der Waals surface area contributed by atoms with Crippen LogP contribution >= 0.6 is 23.1 Å². The van der Waals surface area contributed by atoms with Gasteiger partial charge in [-0.25, -0.2) is 0 Å². The molecule has 0 unspecified atom stereocenters. The first-order chi connectivity index (χ1) is 12.7. The van der Waals surface area contributed by atoms with E-state index in [0.717, 1.165) is 23.6 Å². The van der Waals surface area contributed by atoms with Gasteiger partial charge in [-0.05, 0) is 44.9 Å². The third-order valence-corrected chi connectivity index (χ3v) is 6.62. The van der Waals surface area contributed by atoms with Crippen molar-refractivity contribution in [2.75, 3.05) is 17.2 Å². The van der Waals surface area contributed by atoms with Crippen molar-refractivity contribution in [3.05, 3.63) is 11.6 Å². The second kappa shape index (κ2) is 9.50. The molecule has 0 atom stereocenters. The van der Waals surface area contributed by atoms with Crippen molar-refractivity contribution in [2.24, 2.45) is 0 Å². The van der Waals surface area contributed by atoms with Gasteiger partial charge in [0.1, 0.15) is 0 Å². The zero-order chi connectivity index (χ0) is 18.4. The van der Waals surface area contributed by atoms with Gasteiger partial charge in [-0.15, -0.1) is 10.2 Å². The van der Waals surface area contributed by atoms with E-state index in [1.807, 2.05) is 6.92 Å². The van der Waals surface area contributed by atoms with Crippen LogP contribution in [0.1, 0.15) is 58.3 Å². The molecule has 6 nitrogen and oxygen atoms in total. The third-order valence-electron chi connectivity index (χ3n) is 4.57. The summed E-state index contributed by atoms with van der Waals surface area (Å²) in [5.74, 6) is 0.445. The molecule has 0 bridgehead atoms. The molecule has 1 aromatic rings. The minimum atomic E-state index is 0.0202. The summed E-state index contributed by atoms with van der Waals surface area (Å²) in [7, 11) is 0. The van der Waals surface area contributed by atoms with Gasteiger partial charge >= 0.3 is 0 Å². The Hall–Kier alpha value is -1.41. The van der Waals surface area contributed by atoms with Gasteiger partial charge < -0.3 is 5.32 Å². The van der Waals surface area contributed by atoms with Gasteiger partial charge in [-0.2, -0.15) is 0 Å². The fraction of sp³-hybridized carbons (Fsp3) is 0.667. The molecule has 8 heteroatoms. The molecule has 1 fully saturated rings. The highest BCUT2D eigenvalue weighted by Gasteiger charge is 2.35. The second-order valence-electron chi connectivity index (χ2n) is 6.70. The van der Waals surface area contributed by atoms with Crippen LogP contribution in [-0.4, -0.2) is 40.4 Å². The number of carbonyl (C=O) groups excluding carboxylic acids is 2. The molecule has 26 heavy (non-hydrogen) atoms. The topological polar surface area (TPSA) is 75.2 Å². The third kappa shape index (κ3) is 5.54. The molecule has 1 heterocycles. The summed E-state index contributed by atoms with van der Waals surface area (Å²) in [4.78, 5) is 25.9. The lowest BCUT2D eigenvalue weighted by molar-refractivity contribution is -0.119. The molecule has 0 spiro atoms. The van der Waals surface area contributed by atoms with Gasteiger partial charge in [0, 0.05) is 19.0 Å². The summed E-state index contributed by atoms with van der Waals surface area (Å²) in [6.07, 6.45) is 10.7. The molecule has 1 N–H and O–H groups in total. The molecule has 0 radical (unpaired) electrons. The molecule has 0 aromatic carbocycles. The molecule has 1 aromatic heterocycles. The van der Waals surface area contributed by atoms with E-state index < -0.39 is 0 Å². The maximum atomic E-state index is 12.1. The van der Waals surface area contributed by atoms with Crippen molar-refractivity contribution in [2.45, 2.75) is 68.7 Å². The number of carbonyl (C=O) groups is 2. The molecule has 3 rings (SSSR count). The van der Waals surface area contributed by atoms with Crippen LogP contribution in [0.25, 0.3) is 0 Å². The largest absolute Gasteiger partial charge is 0.355 e. The Morgan fingerprint density at radius 3 is 2.88 bits per heavy atom. The van der Waals surface area contributed by atoms with Gasteiger partial charge in [0.25, 0.3) is 0 Å². The number of amides is 2. The van der Waals surface area contributed by atoms with E-state index in [2.05, 4.69) is 21.6 Å². The first kappa shape index (κ1) is 19.4.